The van der Waals surface area contributed by atoms with Gasteiger partial charge in [0.1, 0.15) is 11.6 Å². The number of anilines is 1. The molecule has 1 heterocycles. The topological polar surface area (TPSA) is 75.7 Å². The Labute approximate surface area is 155 Å². The van der Waals surface area contributed by atoms with Gasteiger partial charge in [-0.15, -0.1) is 0 Å². The molecule has 8 heteroatoms. The molecule has 0 spiro atoms. The van der Waals surface area contributed by atoms with Crippen molar-refractivity contribution in [3.63, 3.8) is 0 Å². The summed E-state index contributed by atoms with van der Waals surface area (Å²) in [4.78, 5) is 38.3. The van der Waals surface area contributed by atoms with Crippen LogP contribution in [0.5, 0.6) is 0 Å². The Kier molecular flexibility index (Phi) is 5.72. The van der Waals surface area contributed by atoms with Crippen LogP contribution in [0, 0.1) is 17.6 Å². The number of carbonyl (C=O) groups excluding carboxylic acids is 3. The average Bonchev–Trinajstić information content (AvgIpc) is 3.27. The van der Waals surface area contributed by atoms with Gasteiger partial charge in [0.25, 0.3) is 5.91 Å². The Hall–Kier alpha value is -2.51. The van der Waals surface area contributed by atoms with Gasteiger partial charge in [-0.1, -0.05) is 12.8 Å². The number of esters is 1. The lowest BCUT2D eigenvalue weighted by atomic mass is 10.1. The number of nitrogens with one attached hydrogen (secondary N) is 1. The Morgan fingerprint density at radius 3 is 2.67 bits per heavy atom. The fraction of sp³-hybridized carbons (Fsp3) is 0.526. The van der Waals surface area contributed by atoms with E-state index in [-0.39, 0.29) is 24.1 Å². The summed E-state index contributed by atoms with van der Waals surface area (Å²) in [5.74, 6) is -3.58. The highest BCUT2D eigenvalue weighted by Gasteiger charge is 2.40. The molecule has 27 heavy (non-hydrogen) atoms. The minimum atomic E-state index is -1.20. The van der Waals surface area contributed by atoms with Crippen molar-refractivity contribution in [2.24, 2.45) is 5.92 Å². The largest absolute Gasteiger partial charge is 0.452 e. The van der Waals surface area contributed by atoms with Crippen LogP contribution >= 0.6 is 0 Å². The SMILES string of the molecule is C[C@H](OC(=O)[C@H]1CC(=O)N(C2CCCC2)C1)C(=O)Nc1cc(F)ccc1F. The molecule has 1 saturated heterocycles. The van der Waals surface area contributed by atoms with E-state index in [0.29, 0.717) is 6.54 Å². The van der Waals surface area contributed by atoms with Crippen molar-refractivity contribution >= 4 is 23.5 Å². The molecule has 1 aromatic carbocycles. The number of hydrogen-bond donors (Lipinski definition) is 1. The second-order valence-electron chi connectivity index (χ2n) is 7.08. The van der Waals surface area contributed by atoms with E-state index in [1.165, 1.54) is 6.92 Å². The highest BCUT2D eigenvalue weighted by atomic mass is 19.1. The smallest absolute Gasteiger partial charge is 0.312 e. The quantitative estimate of drug-likeness (QED) is 0.797. The van der Waals surface area contributed by atoms with E-state index in [0.717, 1.165) is 43.9 Å². The third-order valence-corrected chi connectivity index (χ3v) is 5.11. The summed E-state index contributed by atoms with van der Waals surface area (Å²) in [6.45, 7) is 1.64. The summed E-state index contributed by atoms with van der Waals surface area (Å²) in [6.07, 6.45) is 2.93. The second kappa shape index (κ2) is 8.02. The first-order chi connectivity index (χ1) is 12.8. The molecule has 1 aromatic rings. The average molecular weight is 380 g/mol. The van der Waals surface area contributed by atoms with Crippen LogP contribution in [0.15, 0.2) is 18.2 Å². The first kappa shape index (κ1) is 19.3. The molecule has 3 rings (SSSR count). The van der Waals surface area contributed by atoms with Gasteiger partial charge in [-0.05, 0) is 31.9 Å². The van der Waals surface area contributed by atoms with Gasteiger partial charge in [0.15, 0.2) is 6.10 Å². The summed E-state index contributed by atoms with van der Waals surface area (Å²) in [5, 5.41) is 2.20. The zero-order chi connectivity index (χ0) is 19.6. The first-order valence-electron chi connectivity index (χ1n) is 9.11. The van der Waals surface area contributed by atoms with E-state index in [1.807, 2.05) is 0 Å². The number of halogens is 2. The molecule has 0 unspecified atom stereocenters. The van der Waals surface area contributed by atoms with E-state index in [2.05, 4.69) is 5.32 Å². The summed E-state index contributed by atoms with van der Waals surface area (Å²) < 4.78 is 31.9. The fourth-order valence-corrected chi connectivity index (χ4v) is 3.61. The molecular formula is C19H22F2N2O4. The molecule has 0 radical (unpaired) electrons. The lowest BCUT2D eigenvalue weighted by Gasteiger charge is -2.24. The molecule has 2 atom stereocenters. The molecule has 0 aromatic heterocycles. The summed E-state index contributed by atoms with van der Waals surface area (Å²) in [5.41, 5.74) is -0.327. The summed E-state index contributed by atoms with van der Waals surface area (Å²) in [6, 6.07) is 2.86. The maximum atomic E-state index is 13.6. The number of benzene rings is 1. The maximum absolute atomic E-state index is 13.6. The maximum Gasteiger partial charge on any atom is 0.312 e. The van der Waals surface area contributed by atoms with E-state index >= 15 is 0 Å². The van der Waals surface area contributed by atoms with Crippen molar-refractivity contribution in [2.75, 3.05) is 11.9 Å². The molecule has 0 bridgehead atoms. The number of hydrogen-bond acceptors (Lipinski definition) is 4. The second-order valence-corrected chi connectivity index (χ2v) is 7.08. The monoisotopic (exact) mass is 380 g/mol. The van der Waals surface area contributed by atoms with Crippen LogP contribution in [0.4, 0.5) is 14.5 Å². The third-order valence-electron chi connectivity index (χ3n) is 5.11. The van der Waals surface area contributed by atoms with Gasteiger partial charge in [0.05, 0.1) is 11.6 Å². The van der Waals surface area contributed by atoms with Gasteiger partial charge in [-0.3, -0.25) is 14.4 Å². The zero-order valence-corrected chi connectivity index (χ0v) is 15.0. The van der Waals surface area contributed by atoms with Gasteiger partial charge >= 0.3 is 5.97 Å². The summed E-state index contributed by atoms with van der Waals surface area (Å²) >= 11 is 0. The van der Waals surface area contributed by atoms with Gasteiger partial charge in [0, 0.05) is 25.1 Å². The van der Waals surface area contributed by atoms with Crippen molar-refractivity contribution in [3.8, 4) is 0 Å². The number of likely N-dealkylation sites (tertiary alicyclic amines) is 1. The molecule has 6 nitrogen and oxygen atoms in total. The highest BCUT2D eigenvalue weighted by molar-refractivity contribution is 5.95. The molecule has 2 amide bonds. The number of ether oxygens (including phenoxy) is 1. The zero-order valence-electron chi connectivity index (χ0n) is 15.0. The molecule has 2 fully saturated rings. The van der Waals surface area contributed by atoms with Gasteiger partial charge in [0.2, 0.25) is 5.91 Å². The number of carbonyl (C=O) groups is 3. The van der Waals surface area contributed by atoms with Crippen LogP contribution < -0.4 is 5.32 Å². The predicted molar refractivity (Wildman–Crippen MR) is 92.6 cm³/mol. The standard InChI is InChI=1S/C19H22F2N2O4/c1-11(18(25)22-16-9-13(20)6-7-15(16)21)27-19(26)12-8-17(24)23(10-12)14-4-2-3-5-14/h6-7,9,11-12,14H,2-5,8,10H2,1H3,(H,22,25)/t11-,12-/m0/s1. The Morgan fingerprint density at radius 1 is 1.26 bits per heavy atom. The van der Waals surface area contributed by atoms with Crippen molar-refractivity contribution in [1.29, 1.82) is 0 Å². The van der Waals surface area contributed by atoms with Crippen molar-refractivity contribution in [1.82, 2.24) is 4.90 Å². The van der Waals surface area contributed by atoms with E-state index in [9.17, 15) is 23.2 Å². The fourth-order valence-electron chi connectivity index (χ4n) is 3.61. The van der Waals surface area contributed by atoms with Crippen LogP contribution in [0.25, 0.3) is 0 Å². The lowest BCUT2D eigenvalue weighted by molar-refractivity contribution is -0.157. The molecule has 1 saturated carbocycles. The van der Waals surface area contributed by atoms with Crippen LogP contribution in [0.1, 0.15) is 39.0 Å². The molecule has 1 aliphatic carbocycles. The molecular weight excluding hydrogens is 358 g/mol. The molecule has 1 N–H and O–H groups in total. The minimum Gasteiger partial charge on any atom is -0.452 e. The Bertz CT molecular complexity index is 749. The molecule has 146 valence electrons. The van der Waals surface area contributed by atoms with Crippen molar-refractivity contribution in [2.45, 2.75) is 51.2 Å². The van der Waals surface area contributed by atoms with Gasteiger partial charge in [-0.2, -0.15) is 0 Å². The van der Waals surface area contributed by atoms with Gasteiger partial charge in [-0.25, -0.2) is 8.78 Å². The Balaban J connectivity index is 1.54. The normalized spacial score (nSPS) is 21.4. The van der Waals surface area contributed by atoms with Gasteiger partial charge < -0.3 is 15.0 Å². The van der Waals surface area contributed by atoms with Crippen LogP contribution in [-0.2, 0) is 19.1 Å². The van der Waals surface area contributed by atoms with E-state index < -0.39 is 35.5 Å². The first-order valence-corrected chi connectivity index (χ1v) is 9.11. The lowest BCUT2D eigenvalue weighted by Crippen LogP contribution is -2.36. The van der Waals surface area contributed by atoms with E-state index in [4.69, 9.17) is 4.74 Å². The van der Waals surface area contributed by atoms with Crippen LogP contribution in [0.2, 0.25) is 0 Å². The highest BCUT2D eigenvalue weighted by Crippen LogP contribution is 2.30. The number of amides is 2. The summed E-state index contributed by atoms with van der Waals surface area (Å²) in [7, 11) is 0. The van der Waals surface area contributed by atoms with Crippen LogP contribution in [-0.4, -0.2) is 41.4 Å². The predicted octanol–water partition coefficient (Wildman–Crippen LogP) is 2.63. The molecule has 1 aliphatic heterocycles. The van der Waals surface area contributed by atoms with Crippen LogP contribution in [0.3, 0.4) is 0 Å². The Morgan fingerprint density at radius 2 is 1.96 bits per heavy atom. The number of nitrogens with zero attached hydrogens (tertiary/aromatic N) is 1. The molecule has 2 aliphatic rings. The minimum absolute atomic E-state index is 0.0669. The van der Waals surface area contributed by atoms with E-state index in [1.54, 1.807) is 4.90 Å². The van der Waals surface area contributed by atoms with Crippen molar-refractivity contribution < 1.29 is 27.9 Å². The third kappa shape index (κ3) is 4.43. The van der Waals surface area contributed by atoms with Crippen molar-refractivity contribution in [3.05, 3.63) is 29.8 Å². The number of rotatable bonds is 5.